The zero-order valence-corrected chi connectivity index (χ0v) is 8.51. The first-order valence-corrected chi connectivity index (χ1v) is 5.02. The summed E-state index contributed by atoms with van der Waals surface area (Å²) in [6.45, 7) is 1.72. The molecule has 0 N–H and O–H groups in total. The van der Waals surface area contributed by atoms with Crippen molar-refractivity contribution in [2.75, 3.05) is 0 Å². The molecule has 0 radical (unpaired) electrons. The van der Waals surface area contributed by atoms with Crippen molar-refractivity contribution in [1.29, 1.82) is 0 Å². The van der Waals surface area contributed by atoms with Gasteiger partial charge in [0, 0.05) is 16.6 Å². The van der Waals surface area contributed by atoms with E-state index in [1.165, 1.54) is 24.3 Å². The van der Waals surface area contributed by atoms with Crippen molar-refractivity contribution in [1.82, 2.24) is 0 Å². The molecule has 3 nitrogen and oxygen atoms in total. The Morgan fingerprint density at radius 3 is 2.20 bits per heavy atom. The Morgan fingerprint density at radius 2 is 1.80 bits per heavy atom. The van der Waals surface area contributed by atoms with E-state index >= 15 is 0 Å². The van der Waals surface area contributed by atoms with Crippen LogP contribution in [0, 0.1) is 6.92 Å². The third-order valence-corrected chi connectivity index (χ3v) is 2.39. The van der Waals surface area contributed by atoms with Gasteiger partial charge < -0.3 is 4.55 Å². The summed E-state index contributed by atoms with van der Waals surface area (Å²) >= 11 is -3.74. The van der Waals surface area contributed by atoms with E-state index in [4.69, 9.17) is 0 Å². The largest absolute Gasteiger partial charge is 0.768 e. The third kappa shape index (κ3) is 2.45. The summed E-state index contributed by atoms with van der Waals surface area (Å²) in [4.78, 5) is 11.1. The highest BCUT2D eigenvalue weighted by atomic mass is 32.2. The molecule has 0 spiro atoms. The molecular weight excluding hydrogens is 226 g/mol. The lowest BCUT2D eigenvalue weighted by Gasteiger charge is -2.17. The van der Waals surface area contributed by atoms with Crippen molar-refractivity contribution >= 4 is 16.9 Å². The molecule has 6 heteroatoms. The maximum Gasteiger partial charge on any atom is 0.371 e. The zero-order chi connectivity index (χ0) is 11.6. The van der Waals surface area contributed by atoms with Crippen LogP contribution >= 0.6 is 0 Å². The van der Waals surface area contributed by atoms with Gasteiger partial charge in [0.25, 0.3) is 0 Å². The Kier molecular flexibility index (Phi) is 3.31. The molecule has 0 aliphatic heterocycles. The lowest BCUT2D eigenvalue weighted by molar-refractivity contribution is 0.0518. The Bertz CT molecular complexity index is 400. The van der Waals surface area contributed by atoms with Gasteiger partial charge in [-0.3, -0.25) is 9.00 Å². The molecule has 1 unspecified atom stereocenters. The van der Waals surface area contributed by atoms with Crippen molar-refractivity contribution < 1.29 is 22.3 Å². The Balaban J connectivity index is 3.05. The number of hydrogen-bond acceptors (Lipinski definition) is 3. The van der Waals surface area contributed by atoms with Crippen LogP contribution < -0.4 is 0 Å². The van der Waals surface area contributed by atoms with Crippen LogP contribution in [0.3, 0.4) is 0 Å². The van der Waals surface area contributed by atoms with E-state index in [2.05, 4.69) is 0 Å². The summed E-state index contributed by atoms with van der Waals surface area (Å²) in [6, 6.07) is 5.24. The normalized spacial score (nSPS) is 13.6. The fourth-order valence-corrected chi connectivity index (χ4v) is 1.22. The number of aryl methyl sites for hydroxylation is 1. The maximum atomic E-state index is 12.8. The van der Waals surface area contributed by atoms with E-state index in [1.807, 2.05) is 0 Å². The van der Waals surface area contributed by atoms with E-state index in [0.29, 0.717) is 0 Å². The molecule has 1 aromatic carbocycles. The SMILES string of the molecule is Cc1ccc(C(=O)C(F)(F)S(=O)[O-])cc1. The van der Waals surface area contributed by atoms with Crippen LogP contribution in [0.5, 0.6) is 0 Å². The lowest BCUT2D eigenvalue weighted by atomic mass is 10.1. The summed E-state index contributed by atoms with van der Waals surface area (Å²) in [5.74, 6) is -1.71. The number of carbonyl (C=O) groups excluding carboxylic acids is 1. The lowest BCUT2D eigenvalue weighted by Crippen LogP contribution is -2.33. The van der Waals surface area contributed by atoms with Gasteiger partial charge in [-0.15, -0.1) is 0 Å². The van der Waals surface area contributed by atoms with Crippen LogP contribution in [-0.4, -0.2) is 19.8 Å². The van der Waals surface area contributed by atoms with E-state index in [-0.39, 0.29) is 5.56 Å². The highest BCUT2D eigenvalue weighted by molar-refractivity contribution is 7.81. The van der Waals surface area contributed by atoms with Gasteiger partial charge in [0.15, 0.2) is 0 Å². The minimum atomic E-state index is -4.37. The minimum absolute atomic E-state index is 0.324. The fraction of sp³-hybridized carbons (Fsp3) is 0.222. The van der Waals surface area contributed by atoms with Gasteiger partial charge in [-0.1, -0.05) is 29.8 Å². The first kappa shape index (κ1) is 11.9. The molecule has 0 heterocycles. The van der Waals surface area contributed by atoms with Gasteiger partial charge >= 0.3 is 5.25 Å². The van der Waals surface area contributed by atoms with Gasteiger partial charge in [0.1, 0.15) is 0 Å². The number of ketones is 1. The molecular formula is C9H7F2O3S-. The topological polar surface area (TPSA) is 57.2 Å². The van der Waals surface area contributed by atoms with Gasteiger partial charge in [0.05, 0.1) is 0 Å². The molecule has 0 amide bonds. The first-order chi connectivity index (χ1) is 6.85. The summed E-state index contributed by atoms with van der Waals surface area (Å²) < 4.78 is 45.8. The van der Waals surface area contributed by atoms with Crippen molar-refractivity contribution in [2.24, 2.45) is 0 Å². The van der Waals surface area contributed by atoms with Crippen LogP contribution in [-0.2, 0) is 11.1 Å². The summed E-state index contributed by atoms with van der Waals surface area (Å²) in [5, 5.41) is -4.37. The molecule has 0 fully saturated rings. The average molecular weight is 233 g/mol. The van der Waals surface area contributed by atoms with Crippen LogP contribution in [0.1, 0.15) is 15.9 Å². The maximum absolute atomic E-state index is 12.8. The van der Waals surface area contributed by atoms with E-state index in [9.17, 15) is 22.3 Å². The number of carbonyl (C=O) groups is 1. The number of hydrogen-bond donors (Lipinski definition) is 0. The van der Waals surface area contributed by atoms with Crippen molar-refractivity contribution in [2.45, 2.75) is 12.2 Å². The highest BCUT2D eigenvalue weighted by Crippen LogP contribution is 2.23. The van der Waals surface area contributed by atoms with Crippen molar-refractivity contribution in [3.63, 3.8) is 0 Å². The monoisotopic (exact) mass is 233 g/mol. The molecule has 1 atom stereocenters. The van der Waals surface area contributed by atoms with Crippen LogP contribution in [0.25, 0.3) is 0 Å². The molecule has 0 aromatic heterocycles. The quantitative estimate of drug-likeness (QED) is 0.589. The van der Waals surface area contributed by atoms with Crippen molar-refractivity contribution in [3.05, 3.63) is 35.4 Å². The van der Waals surface area contributed by atoms with E-state index in [1.54, 1.807) is 6.92 Å². The number of halogens is 2. The summed E-state index contributed by atoms with van der Waals surface area (Å²) in [5.41, 5.74) is 0.466. The predicted octanol–water partition coefficient (Wildman–Crippen LogP) is 1.65. The second-order valence-electron chi connectivity index (χ2n) is 2.95. The molecule has 0 aliphatic rings. The predicted molar refractivity (Wildman–Crippen MR) is 49.4 cm³/mol. The number of rotatable bonds is 3. The Hall–Kier alpha value is -1.14. The van der Waals surface area contributed by atoms with Gasteiger partial charge in [-0.25, -0.2) is 0 Å². The van der Waals surface area contributed by atoms with Crippen LogP contribution in [0.4, 0.5) is 8.78 Å². The molecule has 82 valence electrons. The Morgan fingerprint density at radius 1 is 1.33 bits per heavy atom. The number of benzene rings is 1. The van der Waals surface area contributed by atoms with Crippen LogP contribution in [0.15, 0.2) is 24.3 Å². The zero-order valence-electron chi connectivity index (χ0n) is 7.70. The molecule has 0 bridgehead atoms. The number of alkyl halides is 2. The minimum Gasteiger partial charge on any atom is -0.768 e. The second kappa shape index (κ2) is 4.16. The van der Waals surface area contributed by atoms with Crippen LogP contribution in [0.2, 0.25) is 0 Å². The molecule has 1 aromatic rings. The molecule has 15 heavy (non-hydrogen) atoms. The molecule has 0 saturated heterocycles. The smallest absolute Gasteiger partial charge is 0.371 e. The van der Waals surface area contributed by atoms with Gasteiger partial charge in [-0.05, 0) is 6.92 Å². The first-order valence-electron chi connectivity index (χ1n) is 3.94. The number of Topliss-reactive ketones (excluding diaryl/α,β-unsaturated/α-hetero) is 1. The van der Waals surface area contributed by atoms with Gasteiger partial charge in [-0.2, -0.15) is 8.78 Å². The summed E-state index contributed by atoms with van der Waals surface area (Å²) in [7, 11) is 0. The van der Waals surface area contributed by atoms with Crippen molar-refractivity contribution in [3.8, 4) is 0 Å². The third-order valence-electron chi connectivity index (χ3n) is 1.79. The summed E-state index contributed by atoms with van der Waals surface area (Å²) in [6.07, 6.45) is 0. The highest BCUT2D eigenvalue weighted by Gasteiger charge is 2.40. The van der Waals surface area contributed by atoms with Gasteiger partial charge in [0.2, 0.25) is 5.78 Å². The van der Waals surface area contributed by atoms with E-state index < -0.39 is 22.1 Å². The average Bonchev–Trinajstić information content (AvgIpc) is 2.17. The molecule has 1 rings (SSSR count). The molecule has 0 saturated carbocycles. The molecule has 0 aliphatic carbocycles. The standard InChI is InChI=1S/C9H8F2O3S/c1-6-2-4-7(5-3-6)8(12)9(10,11)15(13)14/h2-5H,1H3,(H,13,14)/p-1. The second-order valence-corrected chi connectivity index (χ2v) is 3.93. The Labute approximate surface area is 87.4 Å². The fourth-order valence-electron chi connectivity index (χ4n) is 0.949. The van der Waals surface area contributed by atoms with E-state index in [0.717, 1.165) is 5.56 Å².